The molecule has 0 N–H and O–H groups in total. The maximum atomic E-state index is 12.8. The molecule has 0 aliphatic carbocycles. The van der Waals surface area contributed by atoms with Crippen molar-refractivity contribution in [2.75, 3.05) is 19.8 Å². The smallest absolute Gasteiger partial charge is 0.254 e. The summed E-state index contributed by atoms with van der Waals surface area (Å²) in [4.78, 5) is 14.6. The Kier molecular flexibility index (Phi) is 3.94. The number of hydrogen-bond acceptors (Lipinski definition) is 3. The van der Waals surface area contributed by atoms with E-state index in [0.717, 1.165) is 5.69 Å². The fourth-order valence-electron chi connectivity index (χ4n) is 2.77. The molecular weight excluding hydrogens is 278 g/mol. The molecule has 2 heterocycles. The Morgan fingerprint density at radius 1 is 1.32 bits per heavy atom. The predicted molar refractivity (Wildman–Crippen MR) is 81.2 cm³/mol. The highest BCUT2D eigenvalue weighted by Gasteiger charge is 2.30. The summed E-state index contributed by atoms with van der Waals surface area (Å²) in [7, 11) is 1.97. The van der Waals surface area contributed by atoms with Crippen molar-refractivity contribution in [3.63, 3.8) is 0 Å². The Labute approximate surface area is 129 Å². The third kappa shape index (κ3) is 2.61. The molecule has 1 aromatic carbocycles. The van der Waals surface area contributed by atoms with Gasteiger partial charge in [0.1, 0.15) is 0 Å². The van der Waals surface area contributed by atoms with E-state index in [9.17, 15) is 4.79 Å². The van der Waals surface area contributed by atoms with Gasteiger partial charge < -0.3 is 14.2 Å². The topological polar surface area (TPSA) is 58.3 Å². The summed E-state index contributed by atoms with van der Waals surface area (Å²) in [5.74, 6) is -0.0287. The van der Waals surface area contributed by atoms with E-state index in [1.165, 1.54) is 0 Å². The van der Waals surface area contributed by atoms with Gasteiger partial charge in [-0.2, -0.15) is 5.26 Å². The molecule has 1 atom stereocenters. The largest absolute Gasteiger partial charge is 0.377 e. The molecule has 0 unspecified atom stereocenters. The van der Waals surface area contributed by atoms with Crippen molar-refractivity contribution in [1.82, 2.24) is 9.47 Å². The lowest BCUT2D eigenvalue weighted by Crippen LogP contribution is -2.44. The van der Waals surface area contributed by atoms with Crippen LogP contribution in [0.3, 0.4) is 0 Å². The summed E-state index contributed by atoms with van der Waals surface area (Å²) >= 11 is 0. The van der Waals surface area contributed by atoms with Gasteiger partial charge in [0.25, 0.3) is 5.91 Å². The number of hydrogen-bond donors (Lipinski definition) is 0. The van der Waals surface area contributed by atoms with Gasteiger partial charge in [-0.15, -0.1) is 0 Å². The summed E-state index contributed by atoms with van der Waals surface area (Å²) in [6.07, 6.45) is 1.97. The zero-order chi connectivity index (χ0) is 15.5. The number of carbonyl (C=O) groups is 1. The van der Waals surface area contributed by atoms with Crippen LogP contribution in [-0.4, -0.2) is 35.1 Å². The minimum atomic E-state index is -0.0862. The van der Waals surface area contributed by atoms with Gasteiger partial charge in [0.05, 0.1) is 30.9 Å². The summed E-state index contributed by atoms with van der Waals surface area (Å²) in [5, 5.41) is 8.85. The summed E-state index contributed by atoms with van der Waals surface area (Å²) < 4.78 is 7.58. The first kappa shape index (κ1) is 14.4. The highest BCUT2D eigenvalue weighted by Crippen LogP contribution is 2.26. The van der Waals surface area contributed by atoms with Gasteiger partial charge in [0, 0.05) is 31.0 Å². The molecule has 22 heavy (non-hydrogen) atoms. The van der Waals surface area contributed by atoms with E-state index in [2.05, 4.69) is 6.07 Å². The van der Waals surface area contributed by atoms with Crippen molar-refractivity contribution in [3.05, 3.63) is 59.4 Å². The number of benzene rings is 1. The van der Waals surface area contributed by atoms with E-state index in [1.54, 1.807) is 24.3 Å². The monoisotopic (exact) mass is 295 g/mol. The lowest BCUT2D eigenvalue weighted by Gasteiger charge is -2.36. The van der Waals surface area contributed by atoms with E-state index in [0.29, 0.717) is 30.9 Å². The van der Waals surface area contributed by atoms with Crippen LogP contribution >= 0.6 is 0 Å². The van der Waals surface area contributed by atoms with Crippen LogP contribution < -0.4 is 0 Å². The van der Waals surface area contributed by atoms with Crippen LogP contribution in [0.15, 0.2) is 42.6 Å². The van der Waals surface area contributed by atoms with Crippen molar-refractivity contribution in [2.24, 2.45) is 7.05 Å². The molecule has 3 rings (SSSR count). The Morgan fingerprint density at radius 3 is 2.73 bits per heavy atom. The highest BCUT2D eigenvalue weighted by atomic mass is 16.5. The van der Waals surface area contributed by atoms with Crippen molar-refractivity contribution in [2.45, 2.75) is 6.04 Å². The predicted octanol–water partition coefficient (Wildman–Crippen LogP) is 2.11. The molecule has 5 heteroatoms. The second-order valence-electron chi connectivity index (χ2n) is 5.32. The van der Waals surface area contributed by atoms with E-state index in [4.69, 9.17) is 10.00 Å². The lowest BCUT2D eigenvalue weighted by molar-refractivity contribution is -0.00463. The number of aromatic nitrogens is 1. The van der Waals surface area contributed by atoms with Crippen molar-refractivity contribution in [3.8, 4) is 6.07 Å². The number of nitrogens with zero attached hydrogens (tertiary/aromatic N) is 3. The summed E-state index contributed by atoms with van der Waals surface area (Å²) in [6, 6.07) is 12.7. The molecule has 1 aliphatic heterocycles. The van der Waals surface area contributed by atoms with Crippen LogP contribution in [0, 0.1) is 11.3 Å². The minimum absolute atomic E-state index is 0.0287. The molecule has 1 fully saturated rings. The first-order valence-electron chi connectivity index (χ1n) is 7.21. The molecule has 2 aromatic rings. The number of morpholine rings is 1. The van der Waals surface area contributed by atoms with E-state index < -0.39 is 0 Å². The maximum Gasteiger partial charge on any atom is 0.254 e. The van der Waals surface area contributed by atoms with Gasteiger partial charge in [0.15, 0.2) is 0 Å². The normalized spacial score (nSPS) is 18.0. The van der Waals surface area contributed by atoms with Gasteiger partial charge in [-0.3, -0.25) is 4.79 Å². The average Bonchev–Trinajstić information content (AvgIpc) is 3.00. The SMILES string of the molecule is Cn1cccc1[C@@H]1COCCN1C(=O)c1ccc(C#N)cc1. The second kappa shape index (κ2) is 6.04. The zero-order valence-corrected chi connectivity index (χ0v) is 12.4. The number of carbonyl (C=O) groups excluding carboxylic acids is 1. The van der Waals surface area contributed by atoms with Crippen LogP contribution in [-0.2, 0) is 11.8 Å². The van der Waals surface area contributed by atoms with Gasteiger partial charge in [0.2, 0.25) is 0 Å². The molecule has 0 radical (unpaired) electrons. The molecule has 1 aliphatic rings. The van der Waals surface area contributed by atoms with E-state index in [1.807, 2.05) is 34.8 Å². The summed E-state index contributed by atoms with van der Waals surface area (Å²) in [5.41, 5.74) is 2.21. The number of nitriles is 1. The standard InChI is InChI=1S/C17H17N3O2/c1-19-8-2-3-15(19)16-12-22-10-9-20(16)17(21)14-6-4-13(11-18)5-7-14/h2-8,16H,9-10,12H2,1H3/t16-/m0/s1. The Hall–Kier alpha value is -2.58. The van der Waals surface area contributed by atoms with Gasteiger partial charge in [-0.1, -0.05) is 0 Å². The fourth-order valence-corrected chi connectivity index (χ4v) is 2.77. The van der Waals surface area contributed by atoms with Crippen molar-refractivity contribution < 1.29 is 9.53 Å². The molecule has 0 spiro atoms. The van der Waals surface area contributed by atoms with Crippen LogP contribution in [0.2, 0.25) is 0 Å². The Balaban J connectivity index is 1.88. The van der Waals surface area contributed by atoms with Crippen molar-refractivity contribution >= 4 is 5.91 Å². The maximum absolute atomic E-state index is 12.8. The minimum Gasteiger partial charge on any atom is -0.377 e. The molecule has 1 amide bonds. The van der Waals surface area contributed by atoms with Gasteiger partial charge in [-0.25, -0.2) is 0 Å². The lowest BCUT2D eigenvalue weighted by atomic mass is 10.1. The van der Waals surface area contributed by atoms with Crippen LogP contribution in [0.25, 0.3) is 0 Å². The van der Waals surface area contributed by atoms with E-state index >= 15 is 0 Å². The number of rotatable bonds is 2. The number of aryl methyl sites for hydroxylation is 1. The molecular formula is C17H17N3O2. The van der Waals surface area contributed by atoms with E-state index in [-0.39, 0.29) is 11.9 Å². The van der Waals surface area contributed by atoms with Gasteiger partial charge in [-0.05, 0) is 36.4 Å². The number of ether oxygens (including phenoxy) is 1. The van der Waals surface area contributed by atoms with Crippen LogP contribution in [0.5, 0.6) is 0 Å². The Bertz CT molecular complexity index is 712. The molecule has 1 aromatic heterocycles. The first-order chi connectivity index (χ1) is 10.7. The summed E-state index contributed by atoms with van der Waals surface area (Å²) in [6.45, 7) is 1.61. The quantitative estimate of drug-likeness (QED) is 0.852. The first-order valence-corrected chi connectivity index (χ1v) is 7.21. The zero-order valence-electron chi connectivity index (χ0n) is 12.4. The fraction of sp³-hybridized carbons (Fsp3) is 0.294. The van der Waals surface area contributed by atoms with Crippen LogP contribution in [0.4, 0.5) is 0 Å². The Morgan fingerprint density at radius 2 is 2.09 bits per heavy atom. The van der Waals surface area contributed by atoms with Gasteiger partial charge >= 0.3 is 0 Å². The number of amides is 1. The molecule has 0 bridgehead atoms. The molecule has 112 valence electrons. The van der Waals surface area contributed by atoms with Crippen LogP contribution in [0.1, 0.15) is 27.7 Å². The molecule has 0 saturated carbocycles. The third-order valence-corrected chi connectivity index (χ3v) is 3.98. The molecule has 1 saturated heterocycles. The second-order valence-corrected chi connectivity index (χ2v) is 5.32. The third-order valence-electron chi connectivity index (χ3n) is 3.98. The highest BCUT2D eigenvalue weighted by molar-refractivity contribution is 5.94. The average molecular weight is 295 g/mol. The van der Waals surface area contributed by atoms with Crippen molar-refractivity contribution in [1.29, 1.82) is 5.26 Å². The molecule has 5 nitrogen and oxygen atoms in total.